The molecular weight excluding hydrogens is 178 g/mol. The maximum atomic E-state index is 11.0. The quantitative estimate of drug-likeness (QED) is 0.634. The smallest absolute Gasteiger partial charge is 0.251 e. The van der Waals surface area contributed by atoms with Gasteiger partial charge >= 0.3 is 0 Å². The molecule has 1 fully saturated rings. The second kappa shape index (κ2) is 3.95. The molecule has 76 valence electrons. The minimum absolute atomic E-state index is 0.127. The standard InChI is InChI=1S/C11H15NO2/c13-8-10-3-1-9(2-4-10)7-12-6-5-11(12)14/h5-6,8-10H,1-4,7H2. The van der Waals surface area contributed by atoms with Crippen molar-refractivity contribution in [3.05, 3.63) is 12.3 Å². The number of amides is 1. The van der Waals surface area contributed by atoms with Crippen LogP contribution in [0.25, 0.3) is 0 Å². The summed E-state index contributed by atoms with van der Waals surface area (Å²) in [5.41, 5.74) is 0. The lowest BCUT2D eigenvalue weighted by Crippen LogP contribution is -2.36. The van der Waals surface area contributed by atoms with Gasteiger partial charge in [0, 0.05) is 24.7 Å². The van der Waals surface area contributed by atoms with Crippen molar-refractivity contribution < 1.29 is 9.59 Å². The predicted octanol–water partition coefficient (Wildman–Crippen LogP) is 1.35. The van der Waals surface area contributed by atoms with Crippen molar-refractivity contribution in [2.24, 2.45) is 11.8 Å². The van der Waals surface area contributed by atoms with E-state index in [4.69, 9.17) is 0 Å². The number of hydrogen-bond donors (Lipinski definition) is 0. The molecule has 2 aliphatic rings. The van der Waals surface area contributed by atoms with E-state index in [0.717, 1.165) is 38.5 Å². The molecule has 0 atom stereocenters. The summed E-state index contributed by atoms with van der Waals surface area (Å²) in [5, 5.41) is 0. The van der Waals surface area contributed by atoms with Gasteiger partial charge in [0.25, 0.3) is 5.91 Å². The Balaban J connectivity index is 1.76. The highest BCUT2D eigenvalue weighted by atomic mass is 16.2. The van der Waals surface area contributed by atoms with Crippen LogP contribution in [0.5, 0.6) is 0 Å². The van der Waals surface area contributed by atoms with Crippen LogP contribution in [0.15, 0.2) is 12.3 Å². The van der Waals surface area contributed by atoms with Gasteiger partial charge in [0.05, 0.1) is 0 Å². The van der Waals surface area contributed by atoms with Crippen LogP contribution in [0.1, 0.15) is 25.7 Å². The highest BCUT2D eigenvalue weighted by Crippen LogP contribution is 2.28. The van der Waals surface area contributed by atoms with E-state index in [2.05, 4.69) is 0 Å². The molecule has 3 nitrogen and oxygen atoms in total. The summed E-state index contributed by atoms with van der Waals surface area (Å²) in [6.45, 7) is 0.848. The van der Waals surface area contributed by atoms with Crippen molar-refractivity contribution in [3.63, 3.8) is 0 Å². The molecular formula is C11H15NO2. The van der Waals surface area contributed by atoms with E-state index in [1.165, 1.54) is 0 Å². The molecule has 1 aliphatic heterocycles. The minimum atomic E-state index is 0.127. The SMILES string of the molecule is O=CC1CCC(CN2C=CC2=O)CC1. The van der Waals surface area contributed by atoms with Crippen molar-refractivity contribution in [2.75, 3.05) is 6.54 Å². The Labute approximate surface area is 83.8 Å². The number of hydrogen-bond acceptors (Lipinski definition) is 2. The first kappa shape index (κ1) is 9.44. The minimum Gasteiger partial charge on any atom is -0.315 e. The second-order valence-corrected chi connectivity index (χ2v) is 4.22. The largest absolute Gasteiger partial charge is 0.315 e. The molecule has 1 saturated carbocycles. The zero-order valence-corrected chi connectivity index (χ0v) is 8.19. The first-order chi connectivity index (χ1) is 6.79. The van der Waals surface area contributed by atoms with E-state index < -0.39 is 0 Å². The third kappa shape index (κ3) is 1.86. The van der Waals surface area contributed by atoms with Crippen LogP contribution in [0.3, 0.4) is 0 Å². The Kier molecular flexibility index (Phi) is 2.66. The zero-order valence-electron chi connectivity index (χ0n) is 8.19. The maximum Gasteiger partial charge on any atom is 0.251 e. The van der Waals surface area contributed by atoms with Crippen molar-refractivity contribution in [3.8, 4) is 0 Å². The molecule has 3 heteroatoms. The van der Waals surface area contributed by atoms with Crippen LogP contribution < -0.4 is 0 Å². The van der Waals surface area contributed by atoms with E-state index in [-0.39, 0.29) is 11.8 Å². The van der Waals surface area contributed by atoms with Gasteiger partial charge in [-0.2, -0.15) is 0 Å². The van der Waals surface area contributed by atoms with Gasteiger partial charge in [-0.15, -0.1) is 0 Å². The lowest BCUT2D eigenvalue weighted by Gasteiger charge is -2.31. The van der Waals surface area contributed by atoms with Gasteiger partial charge in [0.2, 0.25) is 0 Å². The van der Waals surface area contributed by atoms with Gasteiger partial charge in [0.15, 0.2) is 0 Å². The van der Waals surface area contributed by atoms with Crippen LogP contribution in [-0.4, -0.2) is 23.6 Å². The molecule has 0 unspecified atom stereocenters. The number of carbonyl (C=O) groups excluding carboxylic acids is 2. The first-order valence-corrected chi connectivity index (χ1v) is 5.23. The third-order valence-electron chi connectivity index (χ3n) is 3.22. The summed E-state index contributed by atoms with van der Waals surface area (Å²) in [4.78, 5) is 23.3. The Morgan fingerprint density at radius 1 is 1.36 bits per heavy atom. The normalized spacial score (nSPS) is 31.4. The average Bonchev–Trinajstić information content (AvgIpc) is 2.24. The Morgan fingerprint density at radius 2 is 2.07 bits per heavy atom. The van der Waals surface area contributed by atoms with Crippen LogP contribution in [0, 0.1) is 11.8 Å². The lowest BCUT2D eigenvalue weighted by atomic mass is 9.82. The topological polar surface area (TPSA) is 37.4 Å². The summed E-state index contributed by atoms with van der Waals surface area (Å²) in [7, 11) is 0. The number of nitrogens with zero attached hydrogens (tertiary/aromatic N) is 1. The molecule has 0 N–H and O–H groups in total. The monoisotopic (exact) mass is 193 g/mol. The van der Waals surface area contributed by atoms with E-state index in [9.17, 15) is 9.59 Å². The lowest BCUT2D eigenvalue weighted by molar-refractivity contribution is -0.127. The second-order valence-electron chi connectivity index (χ2n) is 4.22. The average molecular weight is 193 g/mol. The molecule has 0 aromatic carbocycles. The van der Waals surface area contributed by atoms with Gasteiger partial charge in [-0.1, -0.05) is 0 Å². The summed E-state index contributed by atoms with van der Waals surface area (Å²) in [6, 6.07) is 0. The van der Waals surface area contributed by atoms with Crippen LogP contribution >= 0.6 is 0 Å². The number of aldehydes is 1. The molecule has 0 bridgehead atoms. The van der Waals surface area contributed by atoms with Gasteiger partial charge in [0.1, 0.15) is 6.29 Å². The number of carbonyl (C=O) groups is 2. The van der Waals surface area contributed by atoms with Gasteiger partial charge in [-0.3, -0.25) is 4.79 Å². The molecule has 1 amide bonds. The molecule has 0 spiro atoms. The van der Waals surface area contributed by atoms with E-state index >= 15 is 0 Å². The maximum absolute atomic E-state index is 11.0. The number of rotatable bonds is 3. The van der Waals surface area contributed by atoms with E-state index in [1.54, 1.807) is 11.0 Å². The molecule has 0 aromatic heterocycles. The Hall–Kier alpha value is -1.12. The molecule has 0 aromatic rings. The highest BCUT2D eigenvalue weighted by Gasteiger charge is 2.25. The van der Waals surface area contributed by atoms with Crippen LogP contribution in [0.4, 0.5) is 0 Å². The van der Waals surface area contributed by atoms with Crippen LogP contribution in [0.2, 0.25) is 0 Å². The van der Waals surface area contributed by atoms with Gasteiger partial charge in [-0.05, 0) is 31.6 Å². The van der Waals surface area contributed by atoms with E-state index in [1.807, 2.05) is 6.20 Å². The molecule has 14 heavy (non-hydrogen) atoms. The molecule has 0 radical (unpaired) electrons. The van der Waals surface area contributed by atoms with Crippen LogP contribution in [-0.2, 0) is 9.59 Å². The molecule has 2 rings (SSSR count). The fourth-order valence-corrected chi connectivity index (χ4v) is 2.18. The fourth-order valence-electron chi connectivity index (χ4n) is 2.18. The summed E-state index contributed by atoms with van der Waals surface area (Å²) in [6.07, 6.45) is 8.68. The van der Waals surface area contributed by atoms with E-state index in [0.29, 0.717) is 5.92 Å². The predicted molar refractivity (Wildman–Crippen MR) is 52.4 cm³/mol. The molecule has 1 aliphatic carbocycles. The molecule has 0 saturated heterocycles. The zero-order chi connectivity index (χ0) is 9.97. The van der Waals surface area contributed by atoms with Crippen molar-refractivity contribution in [1.29, 1.82) is 0 Å². The van der Waals surface area contributed by atoms with Crippen molar-refractivity contribution >= 4 is 12.2 Å². The fraction of sp³-hybridized carbons (Fsp3) is 0.636. The molecule has 1 heterocycles. The Bertz CT molecular complexity index is 264. The summed E-state index contributed by atoms with van der Waals surface area (Å²) < 4.78 is 0. The van der Waals surface area contributed by atoms with Crippen molar-refractivity contribution in [2.45, 2.75) is 25.7 Å². The Morgan fingerprint density at radius 3 is 2.50 bits per heavy atom. The van der Waals surface area contributed by atoms with Gasteiger partial charge < -0.3 is 9.69 Å². The summed E-state index contributed by atoms with van der Waals surface area (Å²) >= 11 is 0. The third-order valence-corrected chi connectivity index (χ3v) is 3.22. The highest BCUT2D eigenvalue weighted by molar-refractivity contribution is 5.93. The summed E-state index contributed by atoms with van der Waals surface area (Å²) in [5.74, 6) is 0.997. The van der Waals surface area contributed by atoms with Crippen molar-refractivity contribution in [1.82, 2.24) is 4.90 Å². The van der Waals surface area contributed by atoms with Gasteiger partial charge in [-0.25, -0.2) is 0 Å². The first-order valence-electron chi connectivity index (χ1n) is 5.23.